The van der Waals surface area contributed by atoms with E-state index in [2.05, 4.69) is 10.6 Å². The van der Waals surface area contributed by atoms with Crippen LogP contribution in [0.3, 0.4) is 0 Å². The third kappa shape index (κ3) is 4.06. The molecular weight excluding hydrogens is 330 g/mol. The van der Waals surface area contributed by atoms with Crippen molar-refractivity contribution in [3.8, 4) is 0 Å². The van der Waals surface area contributed by atoms with Crippen molar-refractivity contribution in [1.29, 1.82) is 0 Å². The number of benzene rings is 1. The predicted molar refractivity (Wildman–Crippen MR) is 90.7 cm³/mol. The van der Waals surface area contributed by atoms with Crippen LogP contribution in [0.25, 0.3) is 0 Å². The topological polar surface area (TPSA) is 78.5 Å². The zero-order chi connectivity index (χ0) is 17.1. The fourth-order valence-corrected chi connectivity index (χ4v) is 2.97. The average molecular weight is 350 g/mol. The normalized spacial score (nSPS) is 20.1. The van der Waals surface area contributed by atoms with Gasteiger partial charge in [0.2, 0.25) is 17.7 Å². The summed E-state index contributed by atoms with van der Waals surface area (Å²) in [6.45, 7) is 1.14. The number of rotatable bonds is 6. The van der Waals surface area contributed by atoms with E-state index in [0.717, 1.165) is 12.8 Å². The largest absolute Gasteiger partial charge is 0.354 e. The molecule has 1 aliphatic carbocycles. The third-order valence-corrected chi connectivity index (χ3v) is 4.52. The number of hydrogen-bond donors (Lipinski definition) is 2. The Balaban J connectivity index is 1.46. The fourth-order valence-electron chi connectivity index (χ4n) is 2.78. The summed E-state index contributed by atoms with van der Waals surface area (Å²) in [6, 6.07) is 7.04. The summed E-state index contributed by atoms with van der Waals surface area (Å²) in [5.41, 5.74) is 0.708. The molecule has 3 rings (SSSR count). The molecule has 1 atom stereocenters. The molecule has 2 fully saturated rings. The molecular formula is C17H20ClN3O3. The predicted octanol–water partition coefficient (Wildman–Crippen LogP) is 1.34. The molecule has 1 saturated heterocycles. The van der Waals surface area contributed by atoms with Gasteiger partial charge >= 0.3 is 0 Å². The van der Waals surface area contributed by atoms with Crippen LogP contribution in [0.1, 0.15) is 19.3 Å². The highest BCUT2D eigenvalue weighted by molar-refractivity contribution is 6.31. The number of anilines is 1. The van der Waals surface area contributed by atoms with E-state index in [1.807, 2.05) is 0 Å². The minimum Gasteiger partial charge on any atom is -0.354 e. The van der Waals surface area contributed by atoms with E-state index in [4.69, 9.17) is 11.6 Å². The molecule has 128 valence electrons. The number of hydrogen-bond acceptors (Lipinski definition) is 3. The first-order valence-electron chi connectivity index (χ1n) is 8.16. The number of amides is 3. The lowest BCUT2D eigenvalue weighted by Gasteiger charge is -2.17. The lowest BCUT2D eigenvalue weighted by Crippen LogP contribution is -2.38. The van der Waals surface area contributed by atoms with E-state index in [9.17, 15) is 14.4 Å². The maximum absolute atomic E-state index is 12.2. The van der Waals surface area contributed by atoms with Crippen LogP contribution >= 0.6 is 11.6 Å². The lowest BCUT2D eigenvalue weighted by atomic mass is 10.1. The molecule has 0 radical (unpaired) electrons. The molecule has 1 aromatic carbocycles. The molecule has 2 aliphatic rings. The number of carbonyl (C=O) groups excluding carboxylic acids is 3. The van der Waals surface area contributed by atoms with Crippen molar-refractivity contribution >= 4 is 35.0 Å². The quantitative estimate of drug-likeness (QED) is 0.761. The van der Waals surface area contributed by atoms with Crippen LogP contribution in [-0.4, -0.2) is 37.4 Å². The lowest BCUT2D eigenvalue weighted by molar-refractivity contribution is -0.126. The molecule has 2 N–H and O–H groups in total. The van der Waals surface area contributed by atoms with Crippen molar-refractivity contribution < 1.29 is 14.4 Å². The number of carbonyl (C=O) groups is 3. The van der Waals surface area contributed by atoms with Crippen molar-refractivity contribution in [1.82, 2.24) is 10.6 Å². The summed E-state index contributed by atoms with van der Waals surface area (Å²) >= 11 is 5.95. The zero-order valence-electron chi connectivity index (χ0n) is 13.3. The first-order valence-corrected chi connectivity index (χ1v) is 8.54. The molecule has 3 amide bonds. The Morgan fingerprint density at radius 2 is 1.79 bits per heavy atom. The Morgan fingerprint density at radius 1 is 1.12 bits per heavy atom. The van der Waals surface area contributed by atoms with Gasteiger partial charge in [-0.1, -0.05) is 17.7 Å². The van der Waals surface area contributed by atoms with Gasteiger partial charge in [0.05, 0.1) is 5.92 Å². The van der Waals surface area contributed by atoms with Crippen LogP contribution < -0.4 is 15.5 Å². The molecule has 0 bridgehead atoms. The van der Waals surface area contributed by atoms with Crippen LogP contribution in [0.15, 0.2) is 24.3 Å². The minimum absolute atomic E-state index is 0.0624. The monoisotopic (exact) mass is 349 g/mol. The van der Waals surface area contributed by atoms with Gasteiger partial charge in [0.15, 0.2) is 0 Å². The molecule has 1 aromatic rings. The van der Waals surface area contributed by atoms with Gasteiger partial charge in [-0.25, -0.2) is 0 Å². The number of nitrogens with zero attached hydrogens (tertiary/aromatic N) is 1. The SMILES string of the molecule is O=C(NCCNC(=O)[C@H]1CC(=O)N(c2cccc(Cl)c2)C1)C1CC1. The molecule has 6 nitrogen and oxygen atoms in total. The van der Waals surface area contributed by atoms with Gasteiger partial charge in [-0.05, 0) is 31.0 Å². The second-order valence-corrected chi connectivity index (χ2v) is 6.68. The highest BCUT2D eigenvalue weighted by Crippen LogP contribution is 2.28. The van der Waals surface area contributed by atoms with Crippen LogP contribution in [0.2, 0.25) is 5.02 Å². The summed E-state index contributed by atoms with van der Waals surface area (Å²) in [4.78, 5) is 37.4. The second-order valence-electron chi connectivity index (χ2n) is 6.24. The summed E-state index contributed by atoms with van der Waals surface area (Å²) in [7, 11) is 0. The number of halogens is 1. The van der Waals surface area contributed by atoms with Gasteiger partial charge in [-0.3, -0.25) is 14.4 Å². The van der Waals surface area contributed by atoms with Crippen molar-refractivity contribution in [3.05, 3.63) is 29.3 Å². The molecule has 24 heavy (non-hydrogen) atoms. The van der Waals surface area contributed by atoms with Crippen LogP contribution in [-0.2, 0) is 14.4 Å². The minimum atomic E-state index is -0.379. The van der Waals surface area contributed by atoms with E-state index < -0.39 is 0 Å². The smallest absolute Gasteiger partial charge is 0.227 e. The van der Waals surface area contributed by atoms with E-state index in [1.165, 1.54) is 0 Å². The maximum Gasteiger partial charge on any atom is 0.227 e. The van der Waals surface area contributed by atoms with E-state index in [1.54, 1.807) is 29.2 Å². The molecule has 0 unspecified atom stereocenters. The second kappa shape index (κ2) is 7.21. The van der Waals surface area contributed by atoms with Crippen LogP contribution in [0.5, 0.6) is 0 Å². The van der Waals surface area contributed by atoms with Crippen LogP contribution in [0, 0.1) is 11.8 Å². The van der Waals surface area contributed by atoms with Crippen molar-refractivity contribution in [2.45, 2.75) is 19.3 Å². The van der Waals surface area contributed by atoms with Gasteiger partial charge < -0.3 is 15.5 Å². The van der Waals surface area contributed by atoms with Gasteiger partial charge in [-0.15, -0.1) is 0 Å². The molecule has 1 saturated carbocycles. The first-order chi connectivity index (χ1) is 11.5. The van der Waals surface area contributed by atoms with E-state index >= 15 is 0 Å². The molecule has 1 aliphatic heterocycles. The highest BCUT2D eigenvalue weighted by Gasteiger charge is 2.35. The van der Waals surface area contributed by atoms with Gasteiger partial charge in [0, 0.05) is 42.7 Å². The standard InChI is InChI=1S/C17H20ClN3O3/c18-13-2-1-3-14(9-13)21-10-12(8-15(21)22)17(24)20-7-6-19-16(23)11-4-5-11/h1-3,9,11-12H,4-8,10H2,(H,19,23)(H,20,24)/t12-/m0/s1. The fraction of sp³-hybridized carbons (Fsp3) is 0.471. The zero-order valence-corrected chi connectivity index (χ0v) is 14.0. The van der Waals surface area contributed by atoms with E-state index in [-0.39, 0.29) is 36.0 Å². The summed E-state index contributed by atoms with van der Waals surface area (Å²) in [6.07, 6.45) is 2.11. The Bertz CT molecular complexity index is 660. The Labute approximate surface area is 145 Å². The number of nitrogens with one attached hydrogen (secondary N) is 2. The first kappa shape index (κ1) is 16.8. The van der Waals surface area contributed by atoms with Gasteiger partial charge in [-0.2, -0.15) is 0 Å². The van der Waals surface area contributed by atoms with Crippen molar-refractivity contribution in [2.24, 2.45) is 11.8 Å². The van der Waals surface area contributed by atoms with Gasteiger partial charge in [0.1, 0.15) is 0 Å². The van der Waals surface area contributed by atoms with Crippen molar-refractivity contribution in [2.75, 3.05) is 24.5 Å². The average Bonchev–Trinajstić information content (AvgIpc) is 3.33. The molecule has 0 aromatic heterocycles. The summed E-state index contributed by atoms with van der Waals surface area (Å²) in [5.74, 6) is -0.393. The molecule has 1 heterocycles. The summed E-state index contributed by atoms with van der Waals surface area (Å²) in [5, 5.41) is 6.13. The highest BCUT2D eigenvalue weighted by atomic mass is 35.5. The van der Waals surface area contributed by atoms with Crippen molar-refractivity contribution in [3.63, 3.8) is 0 Å². The Kier molecular flexibility index (Phi) is 5.04. The van der Waals surface area contributed by atoms with Gasteiger partial charge in [0.25, 0.3) is 0 Å². The third-order valence-electron chi connectivity index (χ3n) is 4.29. The molecule has 0 spiro atoms. The van der Waals surface area contributed by atoms with Crippen LogP contribution in [0.4, 0.5) is 5.69 Å². The maximum atomic E-state index is 12.2. The Morgan fingerprint density at radius 3 is 2.42 bits per heavy atom. The Hall–Kier alpha value is -2.08. The molecule has 7 heteroatoms. The van der Waals surface area contributed by atoms with E-state index in [0.29, 0.717) is 30.3 Å². The summed E-state index contributed by atoms with van der Waals surface area (Å²) < 4.78 is 0.